The van der Waals surface area contributed by atoms with Crippen molar-refractivity contribution >= 4 is 34.3 Å². The number of hydrogen-bond donors (Lipinski definition) is 2. The summed E-state index contributed by atoms with van der Waals surface area (Å²) in [5, 5.41) is 8.58. The number of halogens is 1. The molecule has 0 saturated carbocycles. The van der Waals surface area contributed by atoms with E-state index >= 15 is 0 Å². The molecule has 3 aromatic rings. The third-order valence-corrected chi connectivity index (χ3v) is 4.07. The topological polar surface area (TPSA) is 88.6 Å². The van der Waals surface area contributed by atoms with Gasteiger partial charge in [-0.25, -0.2) is 4.79 Å². The summed E-state index contributed by atoms with van der Waals surface area (Å²) in [5.74, 6) is 0. The van der Waals surface area contributed by atoms with Gasteiger partial charge in [0.15, 0.2) is 0 Å². The molecule has 0 saturated heterocycles. The van der Waals surface area contributed by atoms with Crippen LogP contribution in [-0.4, -0.2) is 40.5 Å². The number of aromatic amines is 1. The molecular weight excluding hydrogens is 392 g/mol. The number of carbonyl (C=O) groups excluding carboxylic acids is 1. The highest BCUT2D eigenvalue weighted by Crippen LogP contribution is 2.19. The second kappa shape index (κ2) is 8.96. The van der Waals surface area contributed by atoms with Crippen molar-refractivity contribution in [2.45, 2.75) is 26.4 Å². The van der Waals surface area contributed by atoms with Crippen molar-refractivity contribution < 1.29 is 14.4 Å². The zero-order valence-corrected chi connectivity index (χ0v) is 17.3. The monoisotopic (exact) mass is 414 g/mol. The Balaban J connectivity index is 1.71. The molecule has 2 aromatic heterocycles. The summed E-state index contributed by atoms with van der Waals surface area (Å²) in [6.45, 7) is 5.88. The second-order valence-electron chi connectivity index (χ2n) is 7.35. The molecule has 7 nitrogen and oxygen atoms in total. The van der Waals surface area contributed by atoms with Gasteiger partial charge in [-0.2, -0.15) is 0 Å². The van der Waals surface area contributed by atoms with E-state index in [4.69, 9.17) is 21.2 Å². The van der Waals surface area contributed by atoms with Crippen molar-refractivity contribution in [1.82, 2.24) is 15.3 Å². The number of rotatable bonds is 6. The van der Waals surface area contributed by atoms with Gasteiger partial charge in [-0.1, -0.05) is 28.9 Å². The van der Waals surface area contributed by atoms with E-state index < -0.39 is 11.7 Å². The Morgan fingerprint density at radius 3 is 2.69 bits per heavy atom. The highest BCUT2D eigenvalue weighted by molar-refractivity contribution is 6.30. The summed E-state index contributed by atoms with van der Waals surface area (Å²) < 4.78 is 5.18. The number of nitrogens with one attached hydrogen (secondary N) is 2. The van der Waals surface area contributed by atoms with E-state index in [9.17, 15) is 4.79 Å². The Morgan fingerprint density at radius 2 is 2.00 bits per heavy atom. The number of nitrogens with zero attached hydrogens (tertiary/aromatic N) is 2. The fraction of sp³-hybridized carbons (Fsp3) is 0.286. The minimum atomic E-state index is -0.546. The van der Waals surface area contributed by atoms with Gasteiger partial charge in [0.25, 0.3) is 0 Å². The summed E-state index contributed by atoms with van der Waals surface area (Å²) in [4.78, 5) is 24.6. The molecule has 2 heterocycles. The van der Waals surface area contributed by atoms with Crippen molar-refractivity contribution in [1.29, 1.82) is 0 Å². The van der Waals surface area contributed by atoms with Crippen LogP contribution in [0.25, 0.3) is 10.9 Å². The number of hydrogen-bond acceptors (Lipinski definition) is 5. The molecule has 0 radical (unpaired) electrons. The standard InChI is InChI=1S/C21H23ClN4O3/c1-21(2,3)29-20(27)24-10-11-28-26-19(14-4-6-16(22)7-5-14)17-12-15-8-9-23-13-18(15)25-17/h4-9,12-13,25H,10-11H2,1-3H3,(H,24,27). The Morgan fingerprint density at radius 1 is 1.24 bits per heavy atom. The number of amides is 1. The Labute approximate surface area is 174 Å². The lowest BCUT2D eigenvalue weighted by Gasteiger charge is -2.19. The third kappa shape index (κ3) is 5.96. The SMILES string of the molecule is CC(C)(C)OC(=O)NCCON=C(c1ccc(Cl)cc1)c1cc2ccncc2[nH]1. The normalized spacial score (nSPS) is 12.1. The van der Waals surface area contributed by atoms with Gasteiger partial charge in [0.2, 0.25) is 0 Å². The lowest BCUT2D eigenvalue weighted by atomic mass is 10.1. The Bertz CT molecular complexity index is 974. The summed E-state index contributed by atoms with van der Waals surface area (Å²) in [7, 11) is 0. The molecule has 8 heteroatoms. The van der Waals surface area contributed by atoms with E-state index in [1.807, 2.05) is 45.0 Å². The van der Waals surface area contributed by atoms with E-state index in [1.165, 1.54) is 0 Å². The van der Waals surface area contributed by atoms with E-state index in [0.717, 1.165) is 22.2 Å². The van der Waals surface area contributed by atoms with Crippen molar-refractivity contribution in [3.8, 4) is 0 Å². The highest BCUT2D eigenvalue weighted by atomic mass is 35.5. The summed E-state index contributed by atoms with van der Waals surface area (Å²) in [6, 6.07) is 11.2. The molecule has 0 aliphatic heterocycles. The van der Waals surface area contributed by atoms with Crippen LogP contribution in [0, 0.1) is 0 Å². The minimum Gasteiger partial charge on any atom is -0.444 e. The van der Waals surface area contributed by atoms with E-state index in [0.29, 0.717) is 10.7 Å². The number of fused-ring (bicyclic) bond motifs is 1. The maximum atomic E-state index is 11.7. The number of pyridine rings is 1. The number of benzene rings is 1. The lowest BCUT2D eigenvalue weighted by molar-refractivity contribution is 0.0502. The number of carbonyl (C=O) groups is 1. The van der Waals surface area contributed by atoms with Crippen molar-refractivity contribution in [3.63, 3.8) is 0 Å². The number of oxime groups is 1. The van der Waals surface area contributed by atoms with Crippen LogP contribution in [0.4, 0.5) is 4.79 Å². The van der Waals surface area contributed by atoms with Gasteiger partial charge in [-0.15, -0.1) is 0 Å². The zero-order chi connectivity index (χ0) is 20.9. The third-order valence-electron chi connectivity index (χ3n) is 3.81. The van der Waals surface area contributed by atoms with Gasteiger partial charge < -0.3 is 19.9 Å². The fourth-order valence-electron chi connectivity index (χ4n) is 2.59. The predicted octanol–water partition coefficient (Wildman–Crippen LogP) is 4.51. The van der Waals surface area contributed by atoms with E-state index in [1.54, 1.807) is 24.5 Å². The van der Waals surface area contributed by atoms with Crippen LogP contribution in [0.3, 0.4) is 0 Å². The number of alkyl carbamates (subject to hydrolysis) is 1. The first-order valence-corrected chi connectivity index (χ1v) is 9.55. The van der Waals surface area contributed by atoms with E-state index in [2.05, 4.69) is 20.4 Å². The molecule has 1 aromatic carbocycles. The quantitative estimate of drug-likeness (QED) is 0.353. The predicted molar refractivity (Wildman–Crippen MR) is 113 cm³/mol. The van der Waals surface area contributed by atoms with Crippen LogP contribution in [0.15, 0.2) is 53.9 Å². The average molecular weight is 415 g/mol. The fourth-order valence-corrected chi connectivity index (χ4v) is 2.71. The van der Waals surface area contributed by atoms with Gasteiger partial charge in [0.05, 0.1) is 24.0 Å². The van der Waals surface area contributed by atoms with Gasteiger partial charge in [0, 0.05) is 22.2 Å². The largest absolute Gasteiger partial charge is 0.444 e. The van der Waals surface area contributed by atoms with Crippen LogP contribution >= 0.6 is 11.6 Å². The van der Waals surface area contributed by atoms with Crippen LogP contribution < -0.4 is 5.32 Å². The smallest absolute Gasteiger partial charge is 0.407 e. The van der Waals surface area contributed by atoms with Crippen LogP contribution in [0.1, 0.15) is 32.0 Å². The summed E-state index contributed by atoms with van der Waals surface area (Å²) >= 11 is 6.01. The van der Waals surface area contributed by atoms with Crippen molar-refractivity contribution in [2.24, 2.45) is 5.16 Å². The molecule has 152 valence electrons. The van der Waals surface area contributed by atoms with E-state index in [-0.39, 0.29) is 13.2 Å². The molecule has 1 amide bonds. The summed E-state index contributed by atoms with van der Waals surface area (Å²) in [5.41, 5.74) is 2.60. The van der Waals surface area contributed by atoms with Crippen LogP contribution in [0.5, 0.6) is 0 Å². The van der Waals surface area contributed by atoms with Gasteiger partial charge in [-0.05, 0) is 45.0 Å². The number of H-pyrrole nitrogens is 1. The molecule has 0 aliphatic rings. The molecule has 2 N–H and O–H groups in total. The Hall–Kier alpha value is -3.06. The van der Waals surface area contributed by atoms with Crippen molar-refractivity contribution in [3.05, 3.63) is 65.1 Å². The molecule has 0 atom stereocenters. The molecule has 0 bridgehead atoms. The number of ether oxygens (including phenoxy) is 1. The van der Waals surface area contributed by atoms with Crippen molar-refractivity contribution in [2.75, 3.05) is 13.2 Å². The van der Waals surface area contributed by atoms with Gasteiger partial charge in [0.1, 0.15) is 17.9 Å². The maximum absolute atomic E-state index is 11.7. The molecule has 3 rings (SSSR count). The zero-order valence-electron chi connectivity index (χ0n) is 16.5. The van der Waals surface area contributed by atoms with Gasteiger partial charge >= 0.3 is 6.09 Å². The Kier molecular flexibility index (Phi) is 6.39. The minimum absolute atomic E-state index is 0.193. The lowest BCUT2D eigenvalue weighted by Crippen LogP contribution is -2.34. The highest BCUT2D eigenvalue weighted by Gasteiger charge is 2.15. The molecule has 0 unspecified atom stereocenters. The first kappa shape index (κ1) is 20.7. The molecule has 0 aliphatic carbocycles. The van der Waals surface area contributed by atoms with Gasteiger partial charge in [-0.3, -0.25) is 4.98 Å². The molecule has 0 fully saturated rings. The molecular formula is C21H23ClN4O3. The number of aromatic nitrogens is 2. The first-order valence-electron chi connectivity index (χ1n) is 9.18. The second-order valence-corrected chi connectivity index (χ2v) is 7.79. The first-order chi connectivity index (χ1) is 13.8. The molecule has 29 heavy (non-hydrogen) atoms. The molecule has 0 spiro atoms. The van der Waals surface area contributed by atoms with Crippen LogP contribution in [0.2, 0.25) is 5.02 Å². The average Bonchev–Trinajstić information content (AvgIpc) is 3.08. The maximum Gasteiger partial charge on any atom is 0.407 e. The summed E-state index contributed by atoms with van der Waals surface area (Å²) in [6.07, 6.45) is 2.99. The van der Waals surface area contributed by atoms with Crippen LogP contribution in [-0.2, 0) is 9.57 Å².